The molecule has 4 nitrogen and oxygen atoms in total. The van der Waals surface area contributed by atoms with Gasteiger partial charge in [0.05, 0.1) is 0 Å². The Morgan fingerprint density at radius 1 is 1.08 bits per heavy atom. The van der Waals surface area contributed by atoms with Gasteiger partial charge in [-0.15, -0.1) is 0 Å². The molecule has 0 aliphatic rings. The van der Waals surface area contributed by atoms with Gasteiger partial charge in [0, 0.05) is 0 Å². The Bertz CT molecular complexity index is 802. The third-order valence-electron chi connectivity index (χ3n) is 3.35. The van der Waals surface area contributed by atoms with Crippen LogP contribution in [0, 0.1) is 0 Å². The molecule has 0 N–H and O–H groups in total. The van der Waals surface area contributed by atoms with Gasteiger partial charge in [0.25, 0.3) is 0 Å². The van der Waals surface area contributed by atoms with Crippen LogP contribution in [0.4, 0.5) is 0 Å². The first-order valence-electron chi connectivity index (χ1n) is 7.85. The molecule has 0 aliphatic heterocycles. The first-order chi connectivity index (χ1) is 12.0. The summed E-state index contributed by atoms with van der Waals surface area (Å²) >= 11 is -0.187. The van der Waals surface area contributed by atoms with E-state index in [1.54, 1.807) is 18.2 Å². The zero-order chi connectivity index (χ0) is 18.1. The van der Waals surface area contributed by atoms with Crippen molar-refractivity contribution in [2.45, 2.75) is 30.8 Å². The van der Waals surface area contributed by atoms with E-state index in [4.69, 9.17) is 4.74 Å². The molecule has 0 amide bonds. The molecule has 0 spiro atoms. The average Bonchev–Trinajstić information content (AvgIpc) is 2.61. The van der Waals surface area contributed by atoms with E-state index < -0.39 is 9.84 Å². The molecule has 0 aliphatic carbocycles. The van der Waals surface area contributed by atoms with Crippen LogP contribution in [0.5, 0.6) is 0 Å². The molecular formula is C19H20O4SSe. The molecule has 6 heteroatoms. The van der Waals surface area contributed by atoms with E-state index in [0.29, 0.717) is 12.8 Å². The van der Waals surface area contributed by atoms with Gasteiger partial charge in [-0.05, 0) is 0 Å². The summed E-state index contributed by atoms with van der Waals surface area (Å²) in [5.41, 5.74) is 0. The Morgan fingerprint density at radius 3 is 2.32 bits per heavy atom. The average molecular weight is 423 g/mol. The minimum atomic E-state index is -3.50. The van der Waals surface area contributed by atoms with E-state index >= 15 is 0 Å². The molecule has 0 fully saturated rings. The third-order valence-corrected chi connectivity index (χ3v) is 6.72. The van der Waals surface area contributed by atoms with Crippen LogP contribution in [-0.2, 0) is 19.4 Å². The van der Waals surface area contributed by atoms with Crippen LogP contribution in [0.3, 0.4) is 0 Å². The fourth-order valence-corrected chi connectivity index (χ4v) is 4.52. The van der Waals surface area contributed by atoms with Gasteiger partial charge in [-0.2, -0.15) is 0 Å². The van der Waals surface area contributed by atoms with Crippen molar-refractivity contribution in [2.24, 2.45) is 0 Å². The second-order valence-electron chi connectivity index (χ2n) is 5.40. The molecule has 2 aromatic rings. The molecule has 0 heterocycles. The monoisotopic (exact) mass is 424 g/mol. The Labute approximate surface area is 155 Å². The van der Waals surface area contributed by atoms with Crippen LogP contribution in [0.15, 0.2) is 77.2 Å². The number of benzene rings is 2. The van der Waals surface area contributed by atoms with E-state index in [1.807, 2.05) is 37.3 Å². The molecular weight excluding hydrogens is 403 g/mol. The molecule has 0 radical (unpaired) electrons. The van der Waals surface area contributed by atoms with Crippen molar-refractivity contribution in [1.82, 2.24) is 0 Å². The molecule has 1 unspecified atom stereocenters. The summed E-state index contributed by atoms with van der Waals surface area (Å²) in [6.07, 6.45) is 1.95. The first-order valence-corrected chi connectivity index (χ1v) is 11.1. The molecule has 2 aromatic carbocycles. The Hall–Kier alpha value is -1.88. The summed E-state index contributed by atoms with van der Waals surface area (Å²) in [4.78, 5) is 12.2. The topological polar surface area (TPSA) is 60.4 Å². The summed E-state index contributed by atoms with van der Waals surface area (Å²) < 4.78 is 30.8. The van der Waals surface area contributed by atoms with Crippen LogP contribution < -0.4 is 4.46 Å². The van der Waals surface area contributed by atoms with Crippen molar-refractivity contribution < 1.29 is 17.9 Å². The predicted octanol–water partition coefficient (Wildman–Crippen LogP) is 2.67. The fourth-order valence-electron chi connectivity index (χ4n) is 1.99. The second kappa shape index (κ2) is 9.56. The van der Waals surface area contributed by atoms with E-state index in [-0.39, 0.29) is 30.6 Å². The summed E-state index contributed by atoms with van der Waals surface area (Å²) in [5.74, 6) is 0. The zero-order valence-corrected chi connectivity index (χ0v) is 16.4. The Balaban J connectivity index is 1.77. The van der Waals surface area contributed by atoms with Crippen LogP contribution in [0.1, 0.15) is 19.8 Å². The van der Waals surface area contributed by atoms with E-state index in [0.717, 1.165) is 9.87 Å². The summed E-state index contributed by atoms with van der Waals surface area (Å²) in [6, 6.07) is 17.9. The maximum atomic E-state index is 12.1. The van der Waals surface area contributed by atoms with Crippen molar-refractivity contribution in [3.8, 4) is 0 Å². The van der Waals surface area contributed by atoms with Gasteiger partial charge in [0.1, 0.15) is 0 Å². The number of sulfone groups is 1. The maximum absolute atomic E-state index is 12.1. The van der Waals surface area contributed by atoms with Crippen molar-refractivity contribution in [3.63, 3.8) is 0 Å². The van der Waals surface area contributed by atoms with E-state index in [1.165, 1.54) is 18.4 Å². The number of ether oxygens (including phenoxy) is 1. The molecule has 0 saturated heterocycles. The summed E-state index contributed by atoms with van der Waals surface area (Å²) in [5, 5.41) is 1.05. The SMILES string of the molecule is CC(CCC(=O)[Se]c1ccccc1)O/C=C/S(=O)(=O)c1ccccc1. The fraction of sp³-hybridized carbons (Fsp3) is 0.211. The molecule has 0 aromatic heterocycles. The van der Waals surface area contributed by atoms with Gasteiger partial charge in [0.15, 0.2) is 0 Å². The van der Waals surface area contributed by atoms with Crippen LogP contribution >= 0.6 is 0 Å². The van der Waals surface area contributed by atoms with Gasteiger partial charge in [-0.25, -0.2) is 0 Å². The molecule has 132 valence electrons. The first kappa shape index (κ1) is 19.4. The van der Waals surface area contributed by atoms with Crippen molar-refractivity contribution in [1.29, 1.82) is 0 Å². The van der Waals surface area contributed by atoms with Gasteiger partial charge in [-0.3, -0.25) is 0 Å². The second-order valence-corrected chi connectivity index (χ2v) is 9.61. The van der Waals surface area contributed by atoms with Gasteiger partial charge in [0.2, 0.25) is 0 Å². The van der Waals surface area contributed by atoms with Crippen LogP contribution in [-0.4, -0.2) is 34.2 Å². The van der Waals surface area contributed by atoms with Crippen molar-refractivity contribution >= 4 is 33.9 Å². The molecule has 25 heavy (non-hydrogen) atoms. The number of hydrogen-bond donors (Lipinski definition) is 0. The summed E-state index contributed by atoms with van der Waals surface area (Å²) in [7, 11) is -3.50. The Kier molecular flexibility index (Phi) is 7.44. The normalized spacial score (nSPS) is 12.8. The molecule has 0 bridgehead atoms. The van der Waals surface area contributed by atoms with Crippen molar-refractivity contribution in [2.75, 3.05) is 0 Å². The Morgan fingerprint density at radius 2 is 1.68 bits per heavy atom. The number of carbonyl (C=O) groups excluding carboxylic acids is 1. The minimum absolute atomic E-state index is 0.187. The third kappa shape index (κ3) is 6.86. The molecule has 0 saturated carbocycles. The quantitative estimate of drug-likeness (QED) is 0.460. The van der Waals surface area contributed by atoms with Crippen molar-refractivity contribution in [3.05, 3.63) is 72.3 Å². The molecule has 1 atom stereocenters. The molecule has 2 rings (SSSR count). The van der Waals surface area contributed by atoms with Gasteiger partial charge >= 0.3 is 155 Å². The summed E-state index contributed by atoms with van der Waals surface area (Å²) in [6.45, 7) is 1.82. The predicted molar refractivity (Wildman–Crippen MR) is 99.4 cm³/mol. The number of rotatable bonds is 9. The van der Waals surface area contributed by atoms with Gasteiger partial charge < -0.3 is 0 Å². The van der Waals surface area contributed by atoms with Crippen LogP contribution in [0.2, 0.25) is 0 Å². The zero-order valence-electron chi connectivity index (χ0n) is 13.9. The van der Waals surface area contributed by atoms with E-state index in [9.17, 15) is 13.2 Å². The van der Waals surface area contributed by atoms with Crippen LogP contribution in [0.25, 0.3) is 0 Å². The standard InChI is InChI=1S/C19H20O4SSe/c1-16(12-13-19(20)25-18-10-6-3-7-11-18)23-14-15-24(21,22)17-8-4-2-5-9-17/h2-11,14-16H,12-13H2,1H3/b15-14+. The number of carbonyl (C=O) groups is 1. The number of hydrogen-bond acceptors (Lipinski definition) is 4. The van der Waals surface area contributed by atoms with E-state index in [2.05, 4.69) is 0 Å². The van der Waals surface area contributed by atoms with Gasteiger partial charge in [-0.1, -0.05) is 0 Å².